The number of benzene rings is 2. The first kappa shape index (κ1) is 16.8. The summed E-state index contributed by atoms with van der Waals surface area (Å²) in [5.41, 5.74) is 5.73. The summed E-state index contributed by atoms with van der Waals surface area (Å²) in [7, 11) is 0. The second-order valence-corrected chi connectivity index (χ2v) is 6.19. The summed E-state index contributed by atoms with van der Waals surface area (Å²) < 4.78 is 0.717. The van der Waals surface area contributed by atoms with E-state index in [9.17, 15) is 9.59 Å². The molecule has 0 aliphatic rings. The molecular weight excluding hydrogens is 391 g/mol. The summed E-state index contributed by atoms with van der Waals surface area (Å²) in [5, 5.41) is 0.898. The Hall–Kier alpha value is -1.56. The largest absolute Gasteiger partial charge is 0.273 e. The van der Waals surface area contributed by atoms with Crippen LogP contribution in [0.3, 0.4) is 0 Å². The van der Waals surface area contributed by atoms with Gasteiger partial charge in [-0.2, -0.15) is 0 Å². The predicted molar refractivity (Wildman–Crippen MR) is 89.9 cm³/mol. The zero-order valence-electron chi connectivity index (χ0n) is 11.2. The summed E-state index contributed by atoms with van der Waals surface area (Å²) in [4.78, 5) is 23.8. The van der Waals surface area contributed by atoms with Crippen molar-refractivity contribution in [2.24, 2.45) is 0 Å². The van der Waals surface area contributed by atoms with E-state index in [1.54, 1.807) is 42.5 Å². The zero-order chi connectivity index (χ0) is 16.1. The second-order valence-electron chi connectivity index (χ2n) is 4.43. The van der Waals surface area contributed by atoms with Gasteiger partial charge in [-0.15, -0.1) is 0 Å². The molecule has 0 bridgehead atoms. The lowest BCUT2D eigenvalue weighted by Gasteiger charge is -2.09. The number of hydrogen-bond donors (Lipinski definition) is 2. The molecule has 2 aromatic rings. The predicted octanol–water partition coefficient (Wildman–Crippen LogP) is 3.76. The van der Waals surface area contributed by atoms with Gasteiger partial charge in [-0.05, 0) is 35.9 Å². The van der Waals surface area contributed by atoms with Crippen LogP contribution < -0.4 is 10.9 Å². The van der Waals surface area contributed by atoms with Crippen LogP contribution in [0.2, 0.25) is 10.0 Å². The number of carbonyl (C=O) groups excluding carboxylic acids is 2. The molecule has 4 nitrogen and oxygen atoms in total. The van der Waals surface area contributed by atoms with Crippen LogP contribution in [0.5, 0.6) is 0 Å². The Kier molecular flexibility index (Phi) is 5.83. The van der Waals surface area contributed by atoms with Gasteiger partial charge in [0.25, 0.3) is 5.91 Å². The molecule has 2 rings (SSSR count). The highest BCUT2D eigenvalue weighted by molar-refractivity contribution is 9.10. The first-order valence-corrected chi connectivity index (χ1v) is 7.79. The monoisotopic (exact) mass is 400 g/mol. The third kappa shape index (κ3) is 4.73. The summed E-state index contributed by atoms with van der Waals surface area (Å²) >= 11 is 15.0. The van der Waals surface area contributed by atoms with Crippen LogP contribution in [0.25, 0.3) is 0 Å². The molecule has 0 aromatic heterocycles. The Balaban J connectivity index is 1.91. The van der Waals surface area contributed by atoms with E-state index in [2.05, 4.69) is 26.8 Å². The van der Waals surface area contributed by atoms with Gasteiger partial charge in [0.05, 0.1) is 17.0 Å². The van der Waals surface area contributed by atoms with Crippen LogP contribution in [-0.2, 0) is 11.2 Å². The fourth-order valence-electron chi connectivity index (χ4n) is 1.70. The summed E-state index contributed by atoms with van der Waals surface area (Å²) in [6.45, 7) is 0. The van der Waals surface area contributed by atoms with Crippen LogP contribution in [0.4, 0.5) is 0 Å². The Labute approximate surface area is 145 Å². The lowest BCUT2D eigenvalue weighted by molar-refractivity contribution is -0.121. The highest BCUT2D eigenvalue weighted by Gasteiger charge is 2.12. The molecular formula is C15H11BrCl2N2O2. The van der Waals surface area contributed by atoms with Crippen molar-refractivity contribution in [1.29, 1.82) is 0 Å². The molecule has 0 fully saturated rings. The second kappa shape index (κ2) is 7.63. The SMILES string of the molecule is O=C(Cc1ccc(Cl)cc1)NNC(=O)c1cc(Br)ccc1Cl. The number of rotatable bonds is 3. The van der Waals surface area contributed by atoms with E-state index >= 15 is 0 Å². The molecule has 0 atom stereocenters. The number of hydrazine groups is 1. The molecule has 0 aliphatic carbocycles. The van der Waals surface area contributed by atoms with Crippen LogP contribution in [0.1, 0.15) is 15.9 Å². The lowest BCUT2D eigenvalue weighted by atomic mass is 10.1. The van der Waals surface area contributed by atoms with E-state index in [1.165, 1.54) is 0 Å². The molecule has 22 heavy (non-hydrogen) atoms. The zero-order valence-corrected chi connectivity index (χ0v) is 14.3. The van der Waals surface area contributed by atoms with Crippen molar-refractivity contribution < 1.29 is 9.59 Å². The maximum atomic E-state index is 12.0. The molecule has 0 saturated carbocycles. The van der Waals surface area contributed by atoms with Crippen molar-refractivity contribution in [3.05, 3.63) is 68.1 Å². The third-order valence-corrected chi connectivity index (χ3v) is 3.84. The normalized spacial score (nSPS) is 10.1. The van der Waals surface area contributed by atoms with Gasteiger partial charge in [0.1, 0.15) is 0 Å². The highest BCUT2D eigenvalue weighted by Crippen LogP contribution is 2.20. The van der Waals surface area contributed by atoms with E-state index in [-0.39, 0.29) is 17.9 Å². The molecule has 7 heteroatoms. The van der Waals surface area contributed by atoms with Gasteiger partial charge in [-0.1, -0.05) is 51.3 Å². The van der Waals surface area contributed by atoms with Crippen molar-refractivity contribution in [2.75, 3.05) is 0 Å². The van der Waals surface area contributed by atoms with Gasteiger partial charge in [-0.25, -0.2) is 0 Å². The van der Waals surface area contributed by atoms with Crippen LogP contribution in [-0.4, -0.2) is 11.8 Å². The Morgan fingerprint density at radius 3 is 2.36 bits per heavy atom. The van der Waals surface area contributed by atoms with Gasteiger partial charge in [-0.3, -0.25) is 20.4 Å². The van der Waals surface area contributed by atoms with Gasteiger partial charge in [0.2, 0.25) is 5.91 Å². The molecule has 114 valence electrons. The average molecular weight is 402 g/mol. The van der Waals surface area contributed by atoms with Crippen LogP contribution >= 0.6 is 39.1 Å². The number of nitrogens with one attached hydrogen (secondary N) is 2. The van der Waals surface area contributed by atoms with E-state index in [4.69, 9.17) is 23.2 Å². The maximum absolute atomic E-state index is 12.0. The van der Waals surface area contributed by atoms with Gasteiger partial charge in [0, 0.05) is 9.50 Å². The van der Waals surface area contributed by atoms with E-state index in [0.717, 1.165) is 10.0 Å². The molecule has 0 radical (unpaired) electrons. The number of halogens is 3. The quantitative estimate of drug-likeness (QED) is 0.769. The fraction of sp³-hybridized carbons (Fsp3) is 0.0667. The minimum atomic E-state index is -0.490. The molecule has 0 aliphatic heterocycles. The minimum Gasteiger partial charge on any atom is -0.273 e. The lowest BCUT2D eigenvalue weighted by Crippen LogP contribution is -2.42. The Morgan fingerprint density at radius 2 is 1.68 bits per heavy atom. The van der Waals surface area contributed by atoms with Crippen molar-refractivity contribution in [1.82, 2.24) is 10.9 Å². The molecule has 2 N–H and O–H groups in total. The molecule has 2 amide bonds. The minimum absolute atomic E-state index is 0.129. The number of amides is 2. The van der Waals surface area contributed by atoms with Crippen molar-refractivity contribution in [3.8, 4) is 0 Å². The molecule has 0 saturated heterocycles. The van der Waals surface area contributed by atoms with Crippen molar-refractivity contribution >= 4 is 50.9 Å². The van der Waals surface area contributed by atoms with Gasteiger partial charge >= 0.3 is 0 Å². The van der Waals surface area contributed by atoms with Gasteiger partial charge in [0.15, 0.2) is 0 Å². The number of hydrogen-bond acceptors (Lipinski definition) is 2. The first-order valence-electron chi connectivity index (χ1n) is 6.24. The summed E-state index contributed by atoms with van der Waals surface area (Å²) in [5.74, 6) is -0.836. The standard InChI is InChI=1S/C15H11BrCl2N2O2/c16-10-3-6-13(18)12(8-10)15(22)20-19-14(21)7-9-1-4-11(17)5-2-9/h1-6,8H,7H2,(H,19,21)(H,20,22). The van der Waals surface area contributed by atoms with Crippen LogP contribution in [0, 0.1) is 0 Å². The van der Waals surface area contributed by atoms with Crippen LogP contribution in [0.15, 0.2) is 46.9 Å². The molecule has 0 spiro atoms. The van der Waals surface area contributed by atoms with Crippen molar-refractivity contribution in [3.63, 3.8) is 0 Å². The number of carbonyl (C=O) groups is 2. The molecule has 0 heterocycles. The fourth-order valence-corrected chi connectivity index (χ4v) is 2.39. The van der Waals surface area contributed by atoms with E-state index < -0.39 is 5.91 Å². The van der Waals surface area contributed by atoms with E-state index in [1.807, 2.05) is 0 Å². The maximum Gasteiger partial charge on any atom is 0.271 e. The topological polar surface area (TPSA) is 58.2 Å². The van der Waals surface area contributed by atoms with Gasteiger partial charge < -0.3 is 0 Å². The average Bonchev–Trinajstić information content (AvgIpc) is 2.49. The smallest absolute Gasteiger partial charge is 0.271 e. The summed E-state index contributed by atoms with van der Waals surface area (Å²) in [6, 6.07) is 11.8. The molecule has 0 unspecified atom stereocenters. The van der Waals surface area contributed by atoms with Crippen molar-refractivity contribution in [2.45, 2.75) is 6.42 Å². The van der Waals surface area contributed by atoms with E-state index in [0.29, 0.717) is 10.0 Å². The molecule has 2 aromatic carbocycles. The Bertz CT molecular complexity index is 705. The third-order valence-electron chi connectivity index (χ3n) is 2.77. The first-order chi connectivity index (χ1) is 10.5. The summed E-state index contributed by atoms with van der Waals surface area (Å²) in [6.07, 6.45) is 0.129. The highest BCUT2D eigenvalue weighted by atomic mass is 79.9. The Morgan fingerprint density at radius 1 is 1.00 bits per heavy atom.